The quantitative estimate of drug-likeness (QED) is 0.386. The number of nitrogens with one attached hydrogen (secondary N) is 1. The molecule has 1 aromatic rings. The topological polar surface area (TPSA) is 130 Å². The first-order chi connectivity index (χ1) is 11.2. The summed E-state index contributed by atoms with van der Waals surface area (Å²) < 4.78 is 24.9. The first-order valence-corrected chi connectivity index (χ1v) is 7.64. The van der Waals surface area contributed by atoms with E-state index >= 15 is 0 Å². The second-order valence-electron chi connectivity index (χ2n) is 4.76. The zero-order chi connectivity index (χ0) is 18.3. The van der Waals surface area contributed by atoms with E-state index < -0.39 is 35.7 Å². The van der Waals surface area contributed by atoms with Crippen LogP contribution in [0.2, 0.25) is 0 Å². The number of rotatable bonds is 9. The molecular formula is C14H16F2N2O5S. The van der Waals surface area contributed by atoms with E-state index in [9.17, 15) is 23.2 Å². The molecule has 24 heavy (non-hydrogen) atoms. The average molecular weight is 362 g/mol. The van der Waals surface area contributed by atoms with Crippen LogP contribution in [0, 0.1) is 0 Å². The van der Waals surface area contributed by atoms with E-state index in [1.165, 1.54) is 24.3 Å². The van der Waals surface area contributed by atoms with E-state index in [2.05, 4.69) is 5.32 Å². The molecule has 0 aromatic heterocycles. The molecule has 132 valence electrons. The molecule has 7 nitrogen and oxygen atoms in total. The summed E-state index contributed by atoms with van der Waals surface area (Å²) in [5.74, 6) is -3.25. The van der Waals surface area contributed by atoms with Gasteiger partial charge in [0.25, 0.3) is 6.43 Å². The Morgan fingerprint density at radius 3 is 2.17 bits per heavy atom. The predicted octanol–water partition coefficient (Wildman–Crippen LogP) is 1.44. The number of hydrogen-bond acceptors (Lipinski definition) is 5. The molecule has 1 aromatic carbocycles. The Morgan fingerprint density at radius 1 is 1.12 bits per heavy atom. The van der Waals surface area contributed by atoms with Crippen LogP contribution in [-0.4, -0.2) is 39.5 Å². The van der Waals surface area contributed by atoms with Crippen molar-refractivity contribution in [3.8, 4) is 0 Å². The third kappa shape index (κ3) is 6.50. The number of halogens is 2. The number of aliphatic carboxylic acids is 2. The molecule has 0 saturated heterocycles. The van der Waals surface area contributed by atoms with Crippen molar-refractivity contribution in [1.82, 2.24) is 5.32 Å². The van der Waals surface area contributed by atoms with Gasteiger partial charge in [0.2, 0.25) is 5.91 Å². The number of carbonyl (C=O) groups is 3. The Labute approximate surface area is 140 Å². The molecule has 0 spiro atoms. The van der Waals surface area contributed by atoms with Gasteiger partial charge in [-0.25, -0.2) is 13.6 Å². The third-order valence-electron chi connectivity index (χ3n) is 2.90. The Bertz CT molecular complexity index is 597. The number of carboxylic acids is 2. The van der Waals surface area contributed by atoms with Gasteiger partial charge in [-0.1, -0.05) is 23.9 Å². The molecule has 0 aliphatic carbocycles. The molecule has 0 saturated carbocycles. The first kappa shape index (κ1) is 19.8. The molecule has 0 heterocycles. The predicted molar refractivity (Wildman–Crippen MR) is 81.7 cm³/mol. The third-order valence-corrected chi connectivity index (χ3v) is 4.00. The molecule has 0 bridgehead atoms. The fourth-order valence-corrected chi connectivity index (χ4v) is 2.45. The van der Waals surface area contributed by atoms with E-state index in [4.69, 9.17) is 15.9 Å². The number of benzene rings is 1. The number of amides is 1. The highest BCUT2D eigenvalue weighted by molar-refractivity contribution is 8.00. The monoisotopic (exact) mass is 362 g/mol. The maximum absolute atomic E-state index is 12.5. The van der Waals surface area contributed by atoms with E-state index in [1.807, 2.05) is 0 Å². The highest BCUT2D eigenvalue weighted by atomic mass is 32.2. The number of thioether (sulfide) groups is 1. The van der Waals surface area contributed by atoms with Crippen molar-refractivity contribution < 1.29 is 33.4 Å². The summed E-state index contributed by atoms with van der Waals surface area (Å²) in [7, 11) is 0. The minimum atomic E-state index is -2.63. The van der Waals surface area contributed by atoms with Crippen molar-refractivity contribution in [2.24, 2.45) is 5.73 Å². The molecule has 1 amide bonds. The Kier molecular flexibility index (Phi) is 7.59. The van der Waals surface area contributed by atoms with Crippen LogP contribution in [0.4, 0.5) is 8.78 Å². The molecule has 0 aliphatic heterocycles. The molecule has 0 fully saturated rings. The van der Waals surface area contributed by atoms with Gasteiger partial charge in [-0.2, -0.15) is 0 Å². The van der Waals surface area contributed by atoms with Crippen molar-refractivity contribution in [1.29, 1.82) is 0 Å². The summed E-state index contributed by atoms with van der Waals surface area (Å²) in [6.07, 6.45) is -3.01. The fraction of sp³-hybridized carbons (Fsp3) is 0.357. The molecule has 10 heteroatoms. The maximum atomic E-state index is 12.5. The van der Waals surface area contributed by atoms with Crippen LogP contribution in [0.15, 0.2) is 29.2 Å². The molecule has 1 unspecified atom stereocenters. The Balaban J connectivity index is 2.62. The Hall–Kier alpha value is -2.20. The van der Waals surface area contributed by atoms with E-state index in [1.54, 1.807) is 0 Å². The summed E-state index contributed by atoms with van der Waals surface area (Å²) in [5, 5.41) is 18.6. The van der Waals surface area contributed by atoms with E-state index in [-0.39, 0.29) is 18.4 Å². The molecule has 2 atom stereocenters. The van der Waals surface area contributed by atoms with E-state index in [0.29, 0.717) is 4.90 Å². The summed E-state index contributed by atoms with van der Waals surface area (Å²) >= 11 is 0.762. The summed E-state index contributed by atoms with van der Waals surface area (Å²) in [6.45, 7) is 0. The van der Waals surface area contributed by atoms with Crippen molar-refractivity contribution >= 4 is 29.6 Å². The smallest absolute Gasteiger partial charge is 0.337 e. The van der Waals surface area contributed by atoms with Crippen LogP contribution >= 0.6 is 11.8 Å². The van der Waals surface area contributed by atoms with Crippen molar-refractivity contribution in [2.45, 2.75) is 35.6 Å². The minimum absolute atomic E-state index is 0.138. The second-order valence-corrected chi connectivity index (χ2v) is 5.94. The zero-order valence-corrected chi connectivity index (χ0v) is 13.1. The van der Waals surface area contributed by atoms with Gasteiger partial charge in [0.05, 0.1) is 0 Å². The first-order valence-electron chi connectivity index (χ1n) is 6.76. The fourth-order valence-electron chi connectivity index (χ4n) is 1.60. The van der Waals surface area contributed by atoms with E-state index in [0.717, 1.165) is 11.8 Å². The molecule has 1 rings (SSSR count). The number of carbonyl (C=O) groups excluding carboxylic acids is 1. The number of nitrogens with two attached hydrogens (primary N) is 1. The largest absolute Gasteiger partial charge is 0.480 e. The van der Waals surface area contributed by atoms with Crippen molar-refractivity contribution in [2.75, 3.05) is 0 Å². The van der Waals surface area contributed by atoms with Crippen LogP contribution in [-0.2, 0) is 14.4 Å². The number of hydrogen-bond donors (Lipinski definition) is 4. The molecular weight excluding hydrogens is 346 g/mol. The van der Waals surface area contributed by atoms with Crippen LogP contribution in [0.3, 0.4) is 0 Å². The summed E-state index contributed by atoms with van der Waals surface area (Å²) in [5.41, 5.74) is 5.06. The van der Waals surface area contributed by atoms with Gasteiger partial charge in [-0.3, -0.25) is 9.59 Å². The van der Waals surface area contributed by atoms with Gasteiger partial charge in [-0.05, 0) is 18.6 Å². The lowest BCUT2D eigenvalue weighted by molar-refractivity contribution is -0.140. The highest BCUT2D eigenvalue weighted by Gasteiger charge is 2.22. The van der Waals surface area contributed by atoms with Gasteiger partial charge in [-0.15, -0.1) is 0 Å². The van der Waals surface area contributed by atoms with Crippen LogP contribution < -0.4 is 11.1 Å². The van der Waals surface area contributed by atoms with Gasteiger partial charge in [0, 0.05) is 16.9 Å². The maximum Gasteiger partial charge on any atom is 0.337 e. The Morgan fingerprint density at radius 2 is 1.71 bits per heavy atom. The molecule has 0 radical (unpaired) electrons. The SMILES string of the molecule is N[C@@H](CCC(=O)NC(Sc1ccc(C(F)F)cc1)C(=O)O)C(=O)O. The normalized spacial score (nSPS) is 13.3. The number of carboxylic acid groups (broad SMARTS) is 2. The zero-order valence-electron chi connectivity index (χ0n) is 12.3. The lowest BCUT2D eigenvalue weighted by atomic mass is 10.1. The van der Waals surface area contributed by atoms with Crippen LogP contribution in [0.25, 0.3) is 0 Å². The average Bonchev–Trinajstić information content (AvgIpc) is 2.52. The van der Waals surface area contributed by atoms with Crippen LogP contribution in [0.1, 0.15) is 24.8 Å². The summed E-state index contributed by atoms with van der Waals surface area (Å²) in [6, 6.07) is 3.77. The minimum Gasteiger partial charge on any atom is -0.480 e. The van der Waals surface area contributed by atoms with Crippen molar-refractivity contribution in [3.05, 3.63) is 29.8 Å². The van der Waals surface area contributed by atoms with Crippen LogP contribution in [0.5, 0.6) is 0 Å². The second kappa shape index (κ2) is 9.18. The number of alkyl halides is 2. The highest BCUT2D eigenvalue weighted by Crippen LogP contribution is 2.26. The van der Waals surface area contributed by atoms with Gasteiger partial charge in [0.1, 0.15) is 6.04 Å². The standard InChI is InChI=1S/C14H16F2N2O5S/c15-11(16)7-1-3-8(4-2-7)24-12(14(22)23)18-10(19)6-5-9(17)13(20)21/h1-4,9,11-12H,5-6,17H2,(H,18,19)(H,20,21)(H,22,23)/t9-,12?/m0/s1. The lowest BCUT2D eigenvalue weighted by Crippen LogP contribution is -2.39. The lowest BCUT2D eigenvalue weighted by Gasteiger charge is -2.15. The van der Waals surface area contributed by atoms with Gasteiger partial charge >= 0.3 is 11.9 Å². The summed E-state index contributed by atoms with van der Waals surface area (Å²) in [4.78, 5) is 33.8. The van der Waals surface area contributed by atoms with Crippen molar-refractivity contribution in [3.63, 3.8) is 0 Å². The molecule has 0 aliphatic rings. The van der Waals surface area contributed by atoms with Gasteiger partial charge in [0.15, 0.2) is 5.37 Å². The molecule has 5 N–H and O–H groups in total. The van der Waals surface area contributed by atoms with Gasteiger partial charge < -0.3 is 21.3 Å².